The molecule has 1 aromatic carbocycles. The third-order valence-electron chi connectivity index (χ3n) is 4.25. The quantitative estimate of drug-likeness (QED) is 0.896. The lowest BCUT2D eigenvalue weighted by Crippen LogP contribution is -2.38. The molecule has 20 heavy (non-hydrogen) atoms. The second-order valence-corrected chi connectivity index (χ2v) is 6.28. The van der Waals surface area contributed by atoms with Gasteiger partial charge in [0, 0.05) is 6.54 Å². The van der Waals surface area contributed by atoms with Gasteiger partial charge in [-0.05, 0) is 50.8 Å². The van der Waals surface area contributed by atoms with E-state index in [1.54, 1.807) is 0 Å². The molecule has 0 saturated carbocycles. The molecule has 0 saturated heterocycles. The van der Waals surface area contributed by atoms with Gasteiger partial charge in [-0.1, -0.05) is 24.3 Å². The van der Waals surface area contributed by atoms with E-state index >= 15 is 0 Å². The van der Waals surface area contributed by atoms with Crippen LogP contribution in [0, 0.1) is 16.7 Å². The number of aliphatic hydroxyl groups excluding tert-OH is 1. The predicted octanol–water partition coefficient (Wildman–Crippen LogP) is 2.91. The molecular formula is C17H24N2O. The van der Waals surface area contributed by atoms with Gasteiger partial charge in [-0.2, -0.15) is 5.26 Å². The van der Waals surface area contributed by atoms with Crippen LogP contribution < -0.4 is 0 Å². The maximum absolute atomic E-state index is 9.72. The molecule has 0 aromatic heterocycles. The van der Waals surface area contributed by atoms with E-state index in [0.717, 1.165) is 32.4 Å². The molecule has 1 atom stereocenters. The highest BCUT2D eigenvalue weighted by Crippen LogP contribution is 2.30. The molecule has 108 valence electrons. The van der Waals surface area contributed by atoms with E-state index in [1.165, 1.54) is 11.1 Å². The first-order valence-electron chi connectivity index (χ1n) is 7.41. The van der Waals surface area contributed by atoms with Gasteiger partial charge in [-0.3, -0.25) is 4.90 Å². The molecule has 0 radical (unpaired) electrons. The van der Waals surface area contributed by atoms with Gasteiger partial charge in [0.1, 0.15) is 0 Å². The lowest BCUT2D eigenvalue weighted by atomic mass is 9.88. The minimum Gasteiger partial charge on any atom is -0.394 e. The summed E-state index contributed by atoms with van der Waals surface area (Å²) in [6, 6.07) is 10.9. The molecule has 0 amide bonds. The van der Waals surface area contributed by atoms with Crippen LogP contribution in [0.15, 0.2) is 24.3 Å². The summed E-state index contributed by atoms with van der Waals surface area (Å²) >= 11 is 0. The molecule has 0 spiro atoms. The topological polar surface area (TPSA) is 47.3 Å². The minimum atomic E-state index is -0.248. The fourth-order valence-corrected chi connectivity index (χ4v) is 2.96. The maximum Gasteiger partial charge on any atom is 0.0683 e. The zero-order valence-corrected chi connectivity index (χ0v) is 12.5. The van der Waals surface area contributed by atoms with Crippen LogP contribution in [-0.2, 0) is 6.42 Å². The van der Waals surface area contributed by atoms with Crippen molar-refractivity contribution in [2.45, 2.75) is 39.2 Å². The molecular weight excluding hydrogens is 248 g/mol. The molecule has 1 heterocycles. The Labute approximate surface area is 121 Å². The van der Waals surface area contributed by atoms with Gasteiger partial charge in [0.05, 0.1) is 24.1 Å². The monoisotopic (exact) mass is 272 g/mol. The summed E-state index contributed by atoms with van der Waals surface area (Å²) in [7, 11) is 0. The van der Waals surface area contributed by atoms with Crippen molar-refractivity contribution in [3.05, 3.63) is 35.4 Å². The Hall–Kier alpha value is -1.37. The zero-order chi connectivity index (χ0) is 14.6. The van der Waals surface area contributed by atoms with Gasteiger partial charge in [0.2, 0.25) is 0 Å². The number of aliphatic hydroxyl groups is 1. The number of nitrogens with zero attached hydrogens (tertiary/aromatic N) is 2. The Balaban J connectivity index is 1.99. The molecule has 1 N–H and O–H groups in total. The number of hydrogen-bond donors (Lipinski definition) is 1. The van der Waals surface area contributed by atoms with E-state index in [4.69, 9.17) is 5.26 Å². The molecule has 0 aliphatic carbocycles. The normalized spacial score (nSPS) is 19.4. The Bertz CT molecular complexity index is 490. The van der Waals surface area contributed by atoms with Crippen molar-refractivity contribution in [3.8, 4) is 6.07 Å². The summed E-state index contributed by atoms with van der Waals surface area (Å²) in [6.07, 6.45) is 2.95. The molecule has 1 aliphatic heterocycles. The van der Waals surface area contributed by atoms with Gasteiger partial charge in [0.25, 0.3) is 0 Å². The minimum absolute atomic E-state index is 0.116. The van der Waals surface area contributed by atoms with E-state index in [1.807, 2.05) is 19.9 Å². The van der Waals surface area contributed by atoms with E-state index in [9.17, 15) is 5.11 Å². The van der Waals surface area contributed by atoms with Crippen LogP contribution in [0.2, 0.25) is 0 Å². The van der Waals surface area contributed by atoms with E-state index < -0.39 is 0 Å². The van der Waals surface area contributed by atoms with Gasteiger partial charge in [-0.15, -0.1) is 0 Å². The van der Waals surface area contributed by atoms with Gasteiger partial charge < -0.3 is 5.11 Å². The Morgan fingerprint density at radius 3 is 2.85 bits per heavy atom. The van der Waals surface area contributed by atoms with Crippen molar-refractivity contribution in [3.63, 3.8) is 0 Å². The summed E-state index contributed by atoms with van der Waals surface area (Å²) in [4.78, 5) is 2.36. The van der Waals surface area contributed by atoms with Crippen LogP contribution in [0.3, 0.4) is 0 Å². The van der Waals surface area contributed by atoms with Gasteiger partial charge >= 0.3 is 0 Å². The smallest absolute Gasteiger partial charge is 0.0683 e. The third kappa shape index (κ3) is 3.39. The highest BCUT2D eigenvalue weighted by Gasteiger charge is 2.26. The highest BCUT2D eigenvalue weighted by atomic mass is 16.3. The van der Waals surface area contributed by atoms with Crippen molar-refractivity contribution < 1.29 is 5.11 Å². The van der Waals surface area contributed by atoms with E-state index in [2.05, 4.69) is 29.2 Å². The van der Waals surface area contributed by atoms with Crippen LogP contribution in [0.25, 0.3) is 0 Å². The molecule has 1 aliphatic rings. The molecule has 0 bridgehead atoms. The summed E-state index contributed by atoms with van der Waals surface area (Å²) in [6.45, 7) is 6.09. The lowest BCUT2D eigenvalue weighted by molar-refractivity contribution is 0.110. The SMILES string of the molecule is CC(C)(C#N)CCCN1CCc2ccccc2C1CO. The molecule has 0 fully saturated rings. The number of hydrogen-bond acceptors (Lipinski definition) is 3. The average Bonchev–Trinajstić information content (AvgIpc) is 2.46. The highest BCUT2D eigenvalue weighted by molar-refractivity contribution is 5.32. The molecule has 1 aromatic rings. The molecule has 3 nitrogen and oxygen atoms in total. The van der Waals surface area contributed by atoms with Crippen LogP contribution >= 0.6 is 0 Å². The number of fused-ring (bicyclic) bond motifs is 1. The zero-order valence-electron chi connectivity index (χ0n) is 12.5. The van der Waals surface area contributed by atoms with E-state index in [-0.39, 0.29) is 18.1 Å². The van der Waals surface area contributed by atoms with Crippen molar-refractivity contribution >= 4 is 0 Å². The summed E-state index contributed by atoms with van der Waals surface area (Å²) in [5.41, 5.74) is 2.38. The third-order valence-corrected chi connectivity index (χ3v) is 4.25. The standard InChI is InChI=1S/C17H24N2O/c1-17(2,13-18)9-5-10-19-11-8-14-6-3-4-7-15(14)16(19)12-20/h3-4,6-7,16,20H,5,8-12H2,1-2H3. The Kier molecular flexibility index (Phi) is 4.80. The van der Waals surface area contributed by atoms with Crippen LogP contribution in [0.1, 0.15) is 43.9 Å². The van der Waals surface area contributed by atoms with Crippen LogP contribution in [-0.4, -0.2) is 29.7 Å². The molecule has 1 unspecified atom stereocenters. The molecule has 2 rings (SSSR count). The number of rotatable bonds is 5. The fraction of sp³-hybridized carbons (Fsp3) is 0.588. The maximum atomic E-state index is 9.72. The van der Waals surface area contributed by atoms with Crippen LogP contribution in [0.4, 0.5) is 0 Å². The van der Waals surface area contributed by atoms with Crippen LogP contribution in [0.5, 0.6) is 0 Å². The summed E-state index contributed by atoms with van der Waals surface area (Å²) in [5.74, 6) is 0. The first-order chi connectivity index (χ1) is 9.57. The fourth-order valence-electron chi connectivity index (χ4n) is 2.96. The molecule has 3 heteroatoms. The van der Waals surface area contributed by atoms with Crippen molar-refractivity contribution in [1.82, 2.24) is 4.90 Å². The second kappa shape index (κ2) is 6.39. The first-order valence-corrected chi connectivity index (χ1v) is 7.41. The van der Waals surface area contributed by atoms with Crippen molar-refractivity contribution in [2.75, 3.05) is 19.7 Å². The lowest BCUT2D eigenvalue weighted by Gasteiger charge is -2.36. The van der Waals surface area contributed by atoms with Crippen molar-refractivity contribution in [2.24, 2.45) is 5.41 Å². The first kappa shape index (κ1) is 15.0. The number of benzene rings is 1. The van der Waals surface area contributed by atoms with E-state index in [0.29, 0.717) is 0 Å². The number of nitriles is 1. The summed E-state index contributed by atoms with van der Waals surface area (Å²) in [5, 5.41) is 18.8. The summed E-state index contributed by atoms with van der Waals surface area (Å²) < 4.78 is 0. The van der Waals surface area contributed by atoms with Crippen molar-refractivity contribution in [1.29, 1.82) is 5.26 Å². The Morgan fingerprint density at radius 1 is 1.40 bits per heavy atom. The van der Waals surface area contributed by atoms with Gasteiger partial charge in [-0.25, -0.2) is 0 Å². The largest absolute Gasteiger partial charge is 0.394 e. The average molecular weight is 272 g/mol. The Morgan fingerprint density at radius 2 is 2.15 bits per heavy atom. The predicted molar refractivity (Wildman–Crippen MR) is 80.2 cm³/mol. The second-order valence-electron chi connectivity index (χ2n) is 6.28. The van der Waals surface area contributed by atoms with Gasteiger partial charge in [0.15, 0.2) is 0 Å².